The number of hydrogen-bond acceptors (Lipinski definition) is 3. The van der Waals surface area contributed by atoms with Crippen LogP contribution in [0.5, 0.6) is 0 Å². The van der Waals surface area contributed by atoms with Gasteiger partial charge in [-0.1, -0.05) is 12.2 Å². The number of nitrogens with zero attached hydrogens (tertiary/aromatic N) is 2. The van der Waals surface area contributed by atoms with Crippen molar-refractivity contribution in [3.05, 3.63) is 30.1 Å². The second kappa shape index (κ2) is 5.82. The second-order valence-corrected chi connectivity index (χ2v) is 4.82. The number of aromatic nitrogens is 2. The summed E-state index contributed by atoms with van der Waals surface area (Å²) in [5.74, 6) is 0.414. The summed E-state index contributed by atoms with van der Waals surface area (Å²) in [6, 6.07) is -0.627. The van der Waals surface area contributed by atoms with Gasteiger partial charge in [-0.15, -0.1) is 0 Å². The number of nitrogens with two attached hydrogens (primary N) is 1. The number of allylic oxidation sites excluding steroid dienone is 2. The van der Waals surface area contributed by atoms with Crippen LogP contribution >= 0.6 is 0 Å². The van der Waals surface area contributed by atoms with E-state index >= 15 is 0 Å². The van der Waals surface area contributed by atoms with Crippen molar-refractivity contribution in [1.82, 2.24) is 15.1 Å². The summed E-state index contributed by atoms with van der Waals surface area (Å²) in [5.41, 5.74) is 6.64. The molecule has 3 N–H and O–H groups in total. The fourth-order valence-corrected chi connectivity index (χ4v) is 2.15. The monoisotopic (exact) mass is 248 g/mol. The lowest BCUT2D eigenvalue weighted by Gasteiger charge is -2.19. The Kier molecular flexibility index (Phi) is 4.15. The van der Waals surface area contributed by atoms with E-state index in [4.69, 9.17) is 5.73 Å². The molecule has 2 atom stereocenters. The molecule has 0 saturated heterocycles. The first-order chi connectivity index (χ1) is 8.66. The summed E-state index contributed by atoms with van der Waals surface area (Å²) >= 11 is 0. The maximum atomic E-state index is 11.9. The minimum atomic E-state index is -0.627. The third kappa shape index (κ3) is 3.20. The maximum absolute atomic E-state index is 11.9. The van der Waals surface area contributed by atoms with Gasteiger partial charge in [-0.05, 0) is 25.2 Å². The zero-order chi connectivity index (χ0) is 13.0. The van der Waals surface area contributed by atoms with Crippen LogP contribution in [-0.2, 0) is 11.8 Å². The van der Waals surface area contributed by atoms with Gasteiger partial charge < -0.3 is 11.1 Å². The summed E-state index contributed by atoms with van der Waals surface area (Å²) in [4.78, 5) is 11.9. The van der Waals surface area contributed by atoms with Gasteiger partial charge in [0.2, 0.25) is 5.91 Å². The van der Waals surface area contributed by atoms with Gasteiger partial charge in [0.25, 0.3) is 0 Å². The summed E-state index contributed by atoms with van der Waals surface area (Å²) in [7, 11) is 1.81. The molecule has 1 aromatic heterocycles. The van der Waals surface area contributed by atoms with Crippen LogP contribution < -0.4 is 11.1 Å². The van der Waals surface area contributed by atoms with Crippen molar-refractivity contribution in [2.45, 2.75) is 25.3 Å². The Morgan fingerprint density at radius 3 is 3.11 bits per heavy atom. The van der Waals surface area contributed by atoms with E-state index in [2.05, 4.69) is 22.6 Å². The Balaban J connectivity index is 1.82. The summed E-state index contributed by atoms with van der Waals surface area (Å²) < 4.78 is 1.65. The van der Waals surface area contributed by atoms with Crippen molar-refractivity contribution < 1.29 is 4.79 Å². The zero-order valence-electron chi connectivity index (χ0n) is 10.7. The first-order valence-electron chi connectivity index (χ1n) is 6.33. The summed E-state index contributed by atoms with van der Waals surface area (Å²) in [6.07, 6.45) is 11.1. The van der Waals surface area contributed by atoms with E-state index < -0.39 is 6.04 Å². The van der Waals surface area contributed by atoms with Gasteiger partial charge in [0.1, 0.15) is 6.04 Å². The van der Waals surface area contributed by atoms with Gasteiger partial charge in [-0.25, -0.2) is 0 Å². The van der Waals surface area contributed by atoms with Crippen molar-refractivity contribution in [1.29, 1.82) is 0 Å². The Labute approximate surface area is 107 Å². The Morgan fingerprint density at radius 1 is 1.67 bits per heavy atom. The van der Waals surface area contributed by atoms with Gasteiger partial charge in [0, 0.05) is 25.4 Å². The number of carbonyl (C=O) groups is 1. The molecule has 0 spiro atoms. The van der Waals surface area contributed by atoms with Gasteiger partial charge in [-0.2, -0.15) is 5.10 Å². The Bertz CT molecular complexity index is 438. The van der Waals surface area contributed by atoms with E-state index in [1.54, 1.807) is 17.1 Å². The molecule has 1 amide bonds. The number of carbonyl (C=O) groups excluding carboxylic acids is 1. The molecule has 5 heteroatoms. The molecule has 0 aromatic carbocycles. The molecule has 2 unspecified atom stereocenters. The molecule has 5 nitrogen and oxygen atoms in total. The molecule has 1 heterocycles. The predicted octanol–water partition coefficient (Wildman–Crippen LogP) is 0.892. The van der Waals surface area contributed by atoms with Crippen LogP contribution in [0.15, 0.2) is 24.5 Å². The fraction of sp³-hybridized carbons (Fsp3) is 0.538. The van der Waals surface area contributed by atoms with Crippen molar-refractivity contribution >= 4 is 5.91 Å². The van der Waals surface area contributed by atoms with Crippen molar-refractivity contribution in [3.8, 4) is 0 Å². The Hall–Kier alpha value is -1.62. The highest BCUT2D eigenvalue weighted by molar-refractivity contribution is 5.82. The minimum absolute atomic E-state index is 0.127. The SMILES string of the molecule is Cn1cc(C(N)C(=O)NCC2CC=CCC2)cn1. The average molecular weight is 248 g/mol. The third-order valence-electron chi connectivity index (χ3n) is 3.31. The highest BCUT2D eigenvalue weighted by Gasteiger charge is 2.18. The van der Waals surface area contributed by atoms with Crippen LogP contribution in [0.1, 0.15) is 30.9 Å². The molecule has 1 aliphatic carbocycles. The second-order valence-electron chi connectivity index (χ2n) is 4.82. The lowest BCUT2D eigenvalue weighted by atomic mass is 9.94. The predicted molar refractivity (Wildman–Crippen MR) is 69.6 cm³/mol. The normalized spacial score (nSPS) is 20.7. The van der Waals surface area contributed by atoms with Gasteiger partial charge in [0.15, 0.2) is 0 Å². The van der Waals surface area contributed by atoms with Crippen LogP contribution in [0.4, 0.5) is 0 Å². The van der Waals surface area contributed by atoms with E-state index in [0.717, 1.165) is 24.8 Å². The van der Waals surface area contributed by atoms with Crippen LogP contribution in [0.2, 0.25) is 0 Å². The van der Waals surface area contributed by atoms with Gasteiger partial charge in [-0.3, -0.25) is 9.48 Å². The number of aryl methyl sites for hydroxylation is 1. The van der Waals surface area contributed by atoms with Crippen molar-refractivity contribution in [2.24, 2.45) is 18.7 Å². The van der Waals surface area contributed by atoms with Gasteiger partial charge >= 0.3 is 0 Å². The van der Waals surface area contributed by atoms with E-state index in [-0.39, 0.29) is 5.91 Å². The standard InChI is InChI=1S/C13H20N4O/c1-17-9-11(8-16-17)12(14)13(18)15-7-10-5-3-2-4-6-10/h2-3,8-10,12H,4-7,14H2,1H3,(H,15,18). The minimum Gasteiger partial charge on any atom is -0.354 e. The van der Waals surface area contributed by atoms with E-state index in [9.17, 15) is 4.79 Å². The van der Waals surface area contributed by atoms with Crippen molar-refractivity contribution in [3.63, 3.8) is 0 Å². The zero-order valence-corrected chi connectivity index (χ0v) is 10.7. The number of amides is 1. The molecule has 0 radical (unpaired) electrons. The summed E-state index contributed by atoms with van der Waals surface area (Å²) in [6.45, 7) is 0.705. The number of nitrogens with one attached hydrogen (secondary N) is 1. The van der Waals surface area contributed by atoms with E-state index in [1.807, 2.05) is 7.05 Å². The molecular formula is C13H20N4O. The maximum Gasteiger partial charge on any atom is 0.241 e. The highest BCUT2D eigenvalue weighted by Crippen LogP contribution is 2.17. The molecule has 0 aliphatic heterocycles. The molecular weight excluding hydrogens is 228 g/mol. The fourth-order valence-electron chi connectivity index (χ4n) is 2.15. The number of rotatable bonds is 4. The van der Waals surface area contributed by atoms with Crippen LogP contribution in [-0.4, -0.2) is 22.2 Å². The van der Waals surface area contributed by atoms with Gasteiger partial charge in [0.05, 0.1) is 6.20 Å². The van der Waals surface area contributed by atoms with E-state index in [1.165, 1.54) is 0 Å². The topological polar surface area (TPSA) is 72.9 Å². The first-order valence-corrected chi connectivity index (χ1v) is 6.33. The van der Waals surface area contributed by atoms with Crippen LogP contribution in [0, 0.1) is 5.92 Å². The Morgan fingerprint density at radius 2 is 2.50 bits per heavy atom. The molecule has 1 aliphatic rings. The quantitative estimate of drug-likeness (QED) is 0.777. The molecule has 0 bridgehead atoms. The lowest BCUT2D eigenvalue weighted by molar-refractivity contribution is -0.122. The largest absolute Gasteiger partial charge is 0.354 e. The molecule has 2 rings (SSSR count). The highest BCUT2D eigenvalue weighted by atomic mass is 16.2. The molecule has 0 saturated carbocycles. The molecule has 98 valence electrons. The lowest BCUT2D eigenvalue weighted by Crippen LogP contribution is -2.37. The smallest absolute Gasteiger partial charge is 0.241 e. The van der Waals surface area contributed by atoms with Crippen LogP contribution in [0.25, 0.3) is 0 Å². The summed E-state index contributed by atoms with van der Waals surface area (Å²) in [5, 5.41) is 6.94. The third-order valence-corrected chi connectivity index (χ3v) is 3.31. The van der Waals surface area contributed by atoms with E-state index in [0.29, 0.717) is 12.5 Å². The molecule has 1 aromatic rings. The van der Waals surface area contributed by atoms with Crippen LogP contribution in [0.3, 0.4) is 0 Å². The average Bonchev–Trinajstić information content (AvgIpc) is 2.83. The molecule has 18 heavy (non-hydrogen) atoms. The first kappa shape index (κ1) is 12.8. The van der Waals surface area contributed by atoms with Crippen molar-refractivity contribution in [2.75, 3.05) is 6.54 Å². The number of hydrogen-bond donors (Lipinski definition) is 2. The molecule has 0 fully saturated rings.